The second-order valence-electron chi connectivity index (χ2n) is 2.11. The summed E-state index contributed by atoms with van der Waals surface area (Å²) in [5.74, 6) is 0. The third kappa shape index (κ3) is 7.19. The molecule has 0 atom stereocenters. The monoisotopic (exact) mass is 138 g/mol. The van der Waals surface area contributed by atoms with Gasteiger partial charge in [-0.25, -0.2) is 0 Å². The smallest absolute Gasteiger partial charge is 0.0621 e. The van der Waals surface area contributed by atoms with Gasteiger partial charge in [0.05, 0.1) is 6.07 Å². The molecule has 0 aromatic carbocycles. The van der Waals surface area contributed by atoms with Crippen molar-refractivity contribution in [3.8, 4) is 6.07 Å². The van der Waals surface area contributed by atoms with Crippen molar-refractivity contribution in [2.75, 3.05) is 13.1 Å². The summed E-state index contributed by atoms with van der Waals surface area (Å²) in [5, 5.41) is 11.3. The van der Waals surface area contributed by atoms with Crippen LogP contribution >= 0.6 is 0 Å². The maximum Gasteiger partial charge on any atom is 0.0621 e. The van der Waals surface area contributed by atoms with Crippen molar-refractivity contribution in [2.45, 2.75) is 19.3 Å². The van der Waals surface area contributed by atoms with Crippen LogP contribution < -0.4 is 5.32 Å². The zero-order chi connectivity index (χ0) is 7.66. The minimum absolute atomic E-state index is 0.676. The maximum absolute atomic E-state index is 8.18. The molecule has 0 heterocycles. The molecule has 0 radical (unpaired) electrons. The molecule has 0 unspecified atom stereocenters. The quantitative estimate of drug-likeness (QED) is 0.445. The summed E-state index contributed by atoms with van der Waals surface area (Å²) in [5.41, 5.74) is 0. The zero-order valence-electron chi connectivity index (χ0n) is 6.27. The van der Waals surface area contributed by atoms with Gasteiger partial charge in [-0.2, -0.15) is 5.26 Å². The van der Waals surface area contributed by atoms with Gasteiger partial charge in [0, 0.05) is 13.0 Å². The van der Waals surface area contributed by atoms with E-state index in [4.69, 9.17) is 5.26 Å². The van der Waals surface area contributed by atoms with Crippen LogP contribution in [0, 0.1) is 11.3 Å². The summed E-state index contributed by atoms with van der Waals surface area (Å²) in [6.45, 7) is 5.44. The molecule has 0 bridgehead atoms. The molecular weight excluding hydrogens is 124 g/mol. The van der Waals surface area contributed by atoms with Gasteiger partial charge in [-0.15, -0.1) is 6.58 Å². The van der Waals surface area contributed by atoms with Crippen LogP contribution in [0.15, 0.2) is 12.7 Å². The predicted octanol–water partition coefficient (Wildman–Crippen LogP) is 1.46. The van der Waals surface area contributed by atoms with Crippen molar-refractivity contribution >= 4 is 0 Å². The SMILES string of the molecule is C=CCNCCCCC#N. The van der Waals surface area contributed by atoms with Crippen LogP contribution in [0.4, 0.5) is 0 Å². The summed E-state index contributed by atoms with van der Waals surface area (Å²) >= 11 is 0. The topological polar surface area (TPSA) is 35.8 Å². The first-order valence-electron chi connectivity index (χ1n) is 3.60. The molecular formula is C8H14N2. The van der Waals surface area contributed by atoms with Gasteiger partial charge >= 0.3 is 0 Å². The van der Waals surface area contributed by atoms with Crippen molar-refractivity contribution in [1.82, 2.24) is 5.32 Å². The van der Waals surface area contributed by atoms with Gasteiger partial charge in [0.15, 0.2) is 0 Å². The lowest BCUT2D eigenvalue weighted by atomic mass is 10.2. The molecule has 0 aromatic rings. The molecule has 0 spiro atoms. The third-order valence-electron chi connectivity index (χ3n) is 1.18. The molecule has 0 amide bonds. The lowest BCUT2D eigenvalue weighted by Crippen LogP contribution is -2.14. The Morgan fingerprint density at radius 3 is 2.90 bits per heavy atom. The number of nitriles is 1. The van der Waals surface area contributed by atoms with E-state index in [1.165, 1.54) is 0 Å². The van der Waals surface area contributed by atoms with E-state index in [-0.39, 0.29) is 0 Å². The zero-order valence-corrected chi connectivity index (χ0v) is 6.27. The molecule has 2 nitrogen and oxygen atoms in total. The number of hydrogen-bond acceptors (Lipinski definition) is 2. The Morgan fingerprint density at radius 1 is 1.50 bits per heavy atom. The second-order valence-corrected chi connectivity index (χ2v) is 2.11. The highest BCUT2D eigenvalue weighted by Gasteiger charge is 1.84. The molecule has 0 aromatic heterocycles. The molecule has 10 heavy (non-hydrogen) atoms. The first kappa shape index (κ1) is 9.19. The average molecular weight is 138 g/mol. The maximum atomic E-state index is 8.18. The van der Waals surface area contributed by atoms with Crippen LogP contribution in [0.3, 0.4) is 0 Å². The van der Waals surface area contributed by atoms with E-state index in [9.17, 15) is 0 Å². The molecule has 2 heteroatoms. The van der Waals surface area contributed by atoms with Gasteiger partial charge in [0.2, 0.25) is 0 Å². The Labute approximate surface area is 62.5 Å². The van der Waals surface area contributed by atoms with Crippen LogP contribution in [-0.4, -0.2) is 13.1 Å². The van der Waals surface area contributed by atoms with Crippen molar-refractivity contribution in [2.24, 2.45) is 0 Å². The fourth-order valence-corrected chi connectivity index (χ4v) is 0.658. The molecule has 0 aliphatic carbocycles. The first-order valence-corrected chi connectivity index (χ1v) is 3.60. The van der Waals surface area contributed by atoms with Crippen LogP contribution in [0.25, 0.3) is 0 Å². The second kappa shape index (κ2) is 8.19. The van der Waals surface area contributed by atoms with E-state index in [1.807, 2.05) is 6.08 Å². The van der Waals surface area contributed by atoms with Crippen LogP contribution in [0.1, 0.15) is 19.3 Å². The van der Waals surface area contributed by atoms with Gasteiger partial charge in [-0.3, -0.25) is 0 Å². The largest absolute Gasteiger partial charge is 0.313 e. The fourth-order valence-electron chi connectivity index (χ4n) is 0.658. The fraction of sp³-hybridized carbons (Fsp3) is 0.625. The third-order valence-corrected chi connectivity index (χ3v) is 1.18. The molecule has 0 saturated carbocycles. The summed E-state index contributed by atoms with van der Waals surface area (Å²) in [6, 6.07) is 2.11. The van der Waals surface area contributed by atoms with Gasteiger partial charge in [0.25, 0.3) is 0 Å². The summed E-state index contributed by atoms with van der Waals surface area (Å²) < 4.78 is 0. The number of unbranched alkanes of at least 4 members (excludes halogenated alkanes) is 2. The van der Waals surface area contributed by atoms with E-state index in [0.29, 0.717) is 6.42 Å². The predicted molar refractivity (Wildman–Crippen MR) is 42.5 cm³/mol. The van der Waals surface area contributed by atoms with E-state index in [1.54, 1.807) is 0 Å². The molecule has 0 saturated heterocycles. The number of rotatable bonds is 6. The number of nitrogens with zero attached hydrogens (tertiary/aromatic N) is 1. The van der Waals surface area contributed by atoms with Crippen LogP contribution in [0.5, 0.6) is 0 Å². The Morgan fingerprint density at radius 2 is 2.30 bits per heavy atom. The van der Waals surface area contributed by atoms with E-state index < -0.39 is 0 Å². The number of nitrogens with one attached hydrogen (secondary N) is 1. The van der Waals surface area contributed by atoms with Crippen LogP contribution in [0.2, 0.25) is 0 Å². The van der Waals surface area contributed by atoms with Crippen molar-refractivity contribution in [3.63, 3.8) is 0 Å². The lowest BCUT2D eigenvalue weighted by Gasteiger charge is -1.97. The standard InChI is InChI=1S/C8H14N2/c1-2-7-10-8-5-3-4-6-9/h2,10H,1,3-5,7-8H2. The van der Waals surface area contributed by atoms with Crippen molar-refractivity contribution in [1.29, 1.82) is 5.26 Å². The first-order chi connectivity index (χ1) is 4.91. The van der Waals surface area contributed by atoms with Crippen LogP contribution in [-0.2, 0) is 0 Å². The normalized spacial score (nSPS) is 8.70. The van der Waals surface area contributed by atoms with Gasteiger partial charge < -0.3 is 5.32 Å². The van der Waals surface area contributed by atoms with E-state index in [0.717, 1.165) is 25.9 Å². The average Bonchev–Trinajstić information content (AvgIpc) is 1.97. The Kier molecular flexibility index (Phi) is 7.53. The number of hydrogen-bond donors (Lipinski definition) is 1. The molecule has 0 fully saturated rings. The van der Waals surface area contributed by atoms with E-state index in [2.05, 4.69) is 18.0 Å². The minimum atomic E-state index is 0.676. The summed E-state index contributed by atoms with van der Waals surface area (Å²) in [7, 11) is 0. The van der Waals surface area contributed by atoms with Gasteiger partial charge in [-0.1, -0.05) is 6.08 Å². The molecule has 0 rings (SSSR count). The van der Waals surface area contributed by atoms with Crippen molar-refractivity contribution < 1.29 is 0 Å². The highest BCUT2D eigenvalue weighted by molar-refractivity contribution is 4.71. The minimum Gasteiger partial charge on any atom is -0.313 e. The Bertz CT molecular complexity index is 113. The Hall–Kier alpha value is -0.810. The summed E-state index contributed by atoms with van der Waals surface area (Å²) in [6.07, 6.45) is 4.60. The highest BCUT2D eigenvalue weighted by Crippen LogP contribution is 1.90. The molecule has 56 valence electrons. The lowest BCUT2D eigenvalue weighted by molar-refractivity contribution is 0.663. The van der Waals surface area contributed by atoms with Gasteiger partial charge in [-0.05, 0) is 19.4 Å². The van der Waals surface area contributed by atoms with Crippen molar-refractivity contribution in [3.05, 3.63) is 12.7 Å². The molecule has 1 N–H and O–H groups in total. The molecule has 0 aliphatic heterocycles. The molecule has 0 aliphatic rings. The van der Waals surface area contributed by atoms with E-state index >= 15 is 0 Å². The summed E-state index contributed by atoms with van der Waals surface area (Å²) in [4.78, 5) is 0. The van der Waals surface area contributed by atoms with Gasteiger partial charge in [0.1, 0.15) is 0 Å². The Balaban J connectivity index is 2.78. The highest BCUT2D eigenvalue weighted by atomic mass is 14.8.